The van der Waals surface area contributed by atoms with Crippen molar-refractivity contribution in [2.24, 2.45) is 0 Å². The third-order valence-electron chi connectivity index (χ3n) is 3.88. The summed E-state index contributed by atoms with van der Waals surface area (Å²) in [6, 6.07) is 1.83. The van der Waals surface area contributed by atoms with Gasteiger partial charge >= 0.3 is 0 Å². The van der Waals surface area contributed by atoms with Gasteiger partial charge in [-0.2, -0.15) is 11.8 Å². The predicted octanol–water partition coefficient (Wildman–Crippen LogP) is 2.54. The fourth-order valence-corrected chi connectivity index (χ4v) is 3.43. The van der Waals surface area contributed by atoms with E-state index in [1.165, 1.54) is 12.8 Å². The van der Waals surface area contributed by atoms with Crippen LogP contribution in [0.5, 0.6) is 0 Å². The third kappa shape index (κ3) is 4.06. The van der Waals surface area contributed by atoms with Crippen molar-refractivity contribution in [2.75, 3.05) is 32.4 Å². The number of carbonyl (C=O) groups is 2. The Balaban J connectivity index is 1.97. The number of amides is 2. The summed E-state index contributed by atoms with van der Waals surface area (Å²) in [5, 5.41) is 0. The normalized spacial score (nSPS) is 15.5. The number of thioether (sulfide) groups is 1. The van der Waals surface area contributed by atoms with Gasteiger partial charge in [-0.05, 0) is 25.2 Å². The van der Waals surface area contributed by atoms with Crippen molar-refractivity contribution in [3.8, 4) is 0 Å². The lowest BCUT2D eigenvalue weighted by molar-refractivity contribution is -0.133. The van der Waals surface area contributed by atoms with Crippen LogP contribution in [-0.2, 0) is 10.5 Å². The summed E-state index contributed by atoms with van der Waals surface area (Å²) in [6.45, 7) is 5.33. The molecule has 0 bridgehead atoms. The van der Waals surface area contributed by atoms with Crippen molar-refractivity contribution in [3.63, 3.8) is 0 Å². The zero-order chi connectivity index (χ0) is 16.1. The Kier molecular flexibility index (Phi) is 5.94. The quantitative estimate of drug-likeness (QED) is 0.755. The van der Waals surface area contributed by atoms with Crippen molar-refractivity contribution in [1.29, 1.82) is 0 Å². The molecular weight excluding hydrogens is 300 g/mol. The van der Waals surface area contributed by atoms with Crippen LogP contribution < -0.4 is 0 Å². The molecule has 0 aromatic carbocycles. The summed E-state index contributed by atoms with van der Waals surface area (Å²) in [5.74, 6) is 2.92. The van der Waals surface area contributed by atoms with E-state index in [1.54, 1.807) is 16.8 Å². The fraction of sp³-hybridized carbons (Fsp3) is 0.625. The molecule has 22 heavy (non-hydrogen) atoms. The Hall–Kier alpha value is -1.43. The first-order valence-corrected chi connectivity index (χ1v) is 8.88. The van der Waals surface area contributed by atoms with Crippen LogP contribution in [-0.4, -0.2) is 54.0 Å². The van der Waals surface area contributed by atoms with Crippen LogP contribution in [0, 0.1) is 6.92 Å². The molecule has 0 aliphatic carbocycles. The second kappa shape index (κ2) is 7.72. The highest BCUT2D eigenvalue weighted by Gasteiger charge is 2.27. The molecule has 2 heterocycles. The molecule has 1 saturated heterocycles. The van der Waals surface area contributed by atoms with Crippen molar-refractivity contribution < 1.29 is 14.0 Å². The molecule has 0 atom stereocenters. The van der Waals surface area contributed by atoms with Crippen LogP contribution in [0.4, 0.5) is 0 Å². The molecule has 1 fully saturated rings. The van der Waals surface area contributed by atoms with Gasteiger partial charge in [0.05, 0.1) is 0 Å². The highest BCUT2D eigenvalue weighted by atomic mass is 32.2. The SMILES string of the molecule is CCCCSCc1cc(C(=O)N2CCN(C)C(=O)C2)oc1C. The molecule has 1 aromatic rings. The highest BCUT2D eigenvalue weighted by molar-refractivity contribution is 7.98. The van der Waals surface area contributed by atoms with Crippen LogP contribution in [0.1, 0.15) is 41.6 Å². The standard InChI is InChI=1S/C16H24N2O3S/c1-4-5-8-22-11-13-9-14(21-12(13)2)16(20)18-7-6-17(3)15(19)10-18/h9H,4-8,10-11H2,1-3H3. The molecule has 1 aliphatic rings. The minimum Gasteiger partial charge on any atom is -0.456 e. The molecule has 122 valence electrons. The Morgan fingerprint density at radius 1 is 1.41 bits per heavy atom. The van der Waals surface area contributed by atoms with E-state index < -0.39 is 0 Å². The summed E-state index contributed by atoms with van der Waals surface area (Å²) in [7, 11) is 1.76. The van der Waals surface area contributed by atoms with Gasteiger partial charge in [-0.1, -0.05) is 13.3 Å². The summed E-state index contributed by atoms with van der Waals surface area (Å²) in [5.41, 5.74) is 1.07. The van der Waals surface area contributed by atoms with Crippen molar-refractivity contribution in [2.45, 2.75) is 32.4 Å². The second-order valence-electron chi connectivity index (χ2n) is 5.64. The molecule has 0 spiro atoms. The lowest BCUT2D eigenvalue weighted by Gasteiger charge is -2.31. The summed E-state index contributed by atoms with van der Waals surface area (Å²) < 4.78 is 5.62. The van der Waals surface area contributed by atoms with Crippen LogP contribution in [0.15, 0.2) is 10.5 Å². The number of hydrogen-bond acceptors (Lipinski definition) is 4. The first-order valence-electron chi connectivity index (χ1n) is 7.73. The smallest absolute Gasteiger partial charge is 0.290 e. The Morgan fingerprint density at radius 2 is 2.18 bits per heavy atom. The average molecular weight is 324 g/mol. The van der Waals surface area contributed by atoms with E-state index in [-0.39, 0.29) is 18.4 Å². The maximum atomic E-state index is 12.4. The van der Waals surface area contributed by atoms with Gasteiger partial charge in [0.2, 0.25) is 5.91 Å². The van der Waals surface area contributed by atoms with Gasteiger partial charge in [-0.3, -0.25) is 9.59 Å². The van der Waals surface area contributed by atoms with Gasteiger partial charge in [0, 0.05) is 31.5 Å². The zero-order valence-corrected chi connectivity index (χ0v) is 14.4. The lowest BCUT2D eigenvalue weighted by atomic mass is 10.2. The first kappa shape index (κ1) is 16.9. The summed E-state index contributed by atoms with van der Waals surface area (Å²) in [6.07, 6.45) is 2.40. The molecular formula is C16H24N2O3S. The topological polar surface area (TPSA) is 53.8 Å². The molecule has 0 N–H and O–H groups in total. The van der Waals surface area contributed by atoms with E-state index in [2.05, 4.69) is 6.92 Å². The van der Waals surface area contributed by atoms with Crippen LogP contribution in [0.3, 0.4) is 0 Å². The lowest BCUT2D eigenvalue weighted by Crippen LogP contribution is -2.50. The third-order valence-corrected chi connectivity index (χ3v) is 4.97. The van der Waals surface area contributed by atoms with Gasteiger partial charge in [0.15, 0.2) is 5.76 Å². The van der Waals surface area contributed by atoms with E-state index in [9.17, 15) is 9.59 Å². The molecule has 0 radical (unpaired) electrons. The van der Waals surface area contributed by atoms with E-state index >= 15 is 0 Å². The zero-order valence-electron chi connectivity index (χ0n) is 13.6. The number of furan rings is 1. The van der Waals surface area contributed by atoms with E-state index in [1.807, 2.05) is 24.8 Å². The molecule has 2 amide bonds. The Bertz CT molecular complexity index is 541. The van der Waals surface area contributed by atoms with Crippen LogP contribution >= 0.6 is 11.8 Å². The second-order valence-corrected chi connectivity index (χ2v) is 6.75. The minimum absolute atomic E-state index is 0.0294. The minimum atomic E-state index is -0.186. The van der Waals surface area contributed by atoms with Crippen LogP contribution in [0.2, 0.25) is 0 Å². The molecule has 1 aliphatic heterocycles. The van der Waals surface area contributed by atoms with Gasteiger partial charge in [-0.25, -0.2) is 0 Å². The average Bonchev–Trinajstić information content (AvgIpc) is 2.87. The fourth-order valence-electron chi connectivity index (χ4n) is 2.28. The summed E-state index contributed by atoms with van der Waals surface area (Å²) >= 11 is 1.86. The van der Waals surface area contributed by atoms with Gasteiger partial charge in [0.25, 0.3) is 5.91 Å². The number of unbranched alkanes of at least 4 members (excludes halogenated alkanes) is 1. The first-order chi connectivity index (χ1) is 10.5. The number of rotatable bonds is 6. The van der Waals surface area contributed by atoms with Crippen molar-refractivity contribution >= 4 is 23.6 Å². The number of likely N-dealkylation sites (N-methyl/N-ethyl adjacent to an activating group) is 1. The molecule has 0 unspecified atom stereocenters. The number of aryl methyl sites for hydroxylation is 1. The monoisotopic (exact) mass is 324 g/mol. The number of piperazine rings is 1. The summed E-state index contributed by atoms with van der Waals surface area (Å²) in [4.78, 5) is 27.4. The number of hydrogen-bond donors (Lipinski definition) is 0. The molecule has 0 saturated carbocycles. The van der Waals surface area contributed by atoms with Crippen molar-refractivity contribution in [1.82, 2.24) is 9.80 Å². The van der Waals surface area contributed by atoms with Crippen molar-refractivity contribution in [3.05, 3.63) is 23.2 Å². The number of nitrogens with zero attached hydrogens (tertiary/aromatic N) is 2. The van der Waals surface area contributed by atoms with Gasteiger partial charge < -0.3 is 14.2 Å². The Morgan fingerprint density at radius 3 is 2.86 bits per heavy atom. The number of carbonyl (C=O) groups excluding carboxylic acids is 2. The van der Waals surface area contributed by atoms with Gasteiger partial charge in [-0.15, -0.1) is 0 Å². The largest absolute Gasteiger partial charge is 0.456 e. The van der Waals surface area contributed by atoms with E-state index in [4.69, 9.17) is 4.42 Å². The van der Waals surface area contributed by atoms with Gasteiger partial charge in [0.1, 0.15) is 12.3 Å². The molecule has 5 nitrogen and oxygen atoms in total. The van der Waals surface area contributed by atoms with E-state index in [0.717, 1.165) is 22.8 Å². The maximum Gasteiger partial charge on any atom is 0.290 e. The predicted molar refractivity (Wildman–Crippen MR) is 88.1 cm³/mol. The molecule has 2 rings (SSSR count). The molecule has 1 aromatic heterocycles. The van der Waals surface area contributed by atoms with Crippen LogP contribution in [0.25, 0.3) is 0 Å². The Labute approximate surface area is 136 Å². The highest BCUT2D eigenvalue weighted by Crippen LogP contribution is 2.22. The van der Waals surface area contributed by atoms with E-state index in [0.29, 0.717) is 18.8 Å². The maximum absolute atomic E-state index is 12.4. The molecule has 6 heteroatoms.